The molecule has 2 aliphatic rings. The molecule has 0 aromatic heterocycles. The molecule has 1 aromatic carbocycles. The minimum absolute atomic E-state index is 0.0212. The lowest BCUT2D eigenvalue weighted by Crippen LogP contribution is -2.56. The number of ether oxygens (including phenoxy) is 3. The highest BCUT2D eigenvalue weighted by Gasteiger charge is 2.42. The van der Waals surface area contributed by atoms with E-state index in [0.29, 0.717) is 0 Å². The molecule has 1 saturated heterocycles. The van der Waals surface area contributed by atoms with Gasteiger partial charge in [-0.1, -0.05) is 42.5 Å². The average molecular weight is 334 g/mol. The second kappa shape index (κ2) is 7.57. The highest BCUT2D eigenvalue weighted by atomic mass is 16.7. The third kappa shape index (κ3) is 3.44. The van der Waals surface area contributed by atoms with Crippen molar-refractivity contribution in [2.75, 3.05) is 13.2 Å². The molecule has 0 radical (unpaired) electrons. The summed E-state index contributed by atoms with van der Waals surface area (Å²) in [6.07, 6.45) is -0.447. The Morgan fingerprint density at radius 1 is 1.25 bits per heavy atom. The van der Waals surface area contributed by atoms with E-state index < -0.39 is 36.8 Å². The van der Waals surface area contributed by atoms with Crippen LogP contribution in [0.25, 0.3) is 6.08 Å². The minimum Gasteiger partial charge on any atom is -0.388 e. The van der Waals surface area contributed by atoms with Crippen LogP contribution in [0.3, 0.4) is 0 Å². The van der Waals surface area contributed by atoms with Crippen molar-refractivity contribution in [2.24, 2.45) is 0 Å². The first kappa shape index (κ1) is 17.3. The molecule has 3 rings (SSSR count). The van der Waals surface area contributed by atoms with E-state index in [0.717, 1.165) is 11.1 Å². The lowest BCUT2D eigenvalue weighted by atomic mass is 9.92. The highest BCUT2D eigenvalue weighted by Crippen LogP contribution is 2.32. The van der Waals surface area contributed by atoms with E-state index in [1.165, 1.54) is 0 Å². The van der Waals surface area contributed by atoms with Crippen molar-refractivity contribution in [1.82, 2.24) is 0 Å². The molecule has 1 aliphatic heterocycles. The maximum atomic E-state index is 10.5. The molecule has 130 valence electrons. The van der Waals surface area contributed by atoms with Gasteiger partial charge in [0.25, 0.3) is 0 Å². The fourth-order valence-corrected chi connectivity index (χ4v) is 2.96. The van der Waals surface area contributed by atoms with Crippen LogP contribution in [0.2, 0.25) is 0 Å². The van der Waals surface area contributed by atoms with Crippen molar-refractivity contribution in [3.05, 3.63) is 54.1 Å². The van der Waals surface area contributed by atoms with Crippen molar-refractivity contribution < 1.29 is 29.5 Å². The van der Waals surface area contributed by atoms with Gasteiger partial charge in [0.05, 0.1) is 13.2 Å². The van der Waals surface area contributed by atoms with Gasteiger partial charge in [0.2, 0.25) is 0 Å². The van der Waals surface area contributed by atoms with Gasteiger partial charge in [0.1, 0.15) is 30.5 Å². The van der Waals surface area contributed by atoms with Crippen LogP contribution >= 0.6 is 0 Å². The van der Waals surface area contributed by atoms with Gasteiger partial charge in [0.15, 0.2) is 6.29 Å². The quantitative estimate of drug-likeness (QED) is 0.690. The molecule has 24 heavy (non-hydrogen) atoms. The van der Waals surface area contributed by atoms with Gasteiger partial charge >= 0.3 is 0 Å². The fraction of sp³-hybridized carbons (Fsp3) is 0.444. The Kier molecular flexibility index (Phi) is 5.45. The summed E-state index contributed by atoms with van der Waals surface area (Å²) < 4.78 is 16.4. The Morgan fingerprint density at radius 2 is 2.04 bits per heavy atom. The van der Waals surface area contributed by atoms with Crippen LogP contribution in [0, 0.1) is 0 Å². The van der Waals surface area contributed by atoms with E-state index in [-0.39, 0.29) is 13.2 Å². The van der Waals surface area contributed by atoms with Gasteiger partial charge in [-0.15, -0.1) is 6.58 Å². The highest BCUT2D eigenvalue weighted by molar-refractivity contribution is 5.58. The topological polar surface area (TPSA) is 88.4 Å². The van der Waals surface area contributed by atoms with E-state index in [2.05, 4.69) is 6.58 Å². The molecule has 1 fully saturated rings. The summed E-state index contributed by atoms with van der Waals surface area (Å²) in [5, 5.41) is 31.0. The Morgan fingerprint density at radius 3 is 2.83 bits per heavy atom. The first-order valence-electron chi connectivity index (χ1n) is 7.92. The van der Waals surface area contributed by atoms with Crippen LogP contribution < -0.4 is 0 Å². The summed E-state index contributed by atoms with van der Waals surface area (Å²) in [6.45, 7) is 3.73. The molecule has 0 bridgehead atoms. The molecule has 0 amide bonds. The average Bonchev–Trinajstić information content (AvgIpc) is 2.60. The van der Waals surface area contributed by atoms with Crippen molar-refractivity contribution in [1.29, 1.82) is 0 Å². The molecule has 0 unspecified atom stereocenters. The maximum Gasteiger partial charge on any atom is 0.186 e. The molecule has 6 atom stereocenters. The van der Waals surface area contributed by atoms with Crippen LogP contribution in [-0.4, -0.2) is 59.2 Å². The first-order chi connectivity index (χ1) is 11.6. The van der Waals surface area contributed by atoms with Crippen molar-refractivity contribution in [3.8, 4) is 0 Å². The zero-order valence-electron chi connectivity index (χ0n) is 13.2. The Hall–Kier alpha value is -1.54. The molecule has 0 spiro atoms. The summed E-state index contributed by atoms with van der Waals surface area (Å²) in [5.74, 6) is 0. The SMILES string of the molecule is C=CCO[C@H]1OC[C@@H](O)[C@H](O[C@@H]2C=Cc3ccccc3[C@H]2O)[C@@H]1O. The summed E-state index contributed by atoms with van der Waals surface area (Å²) in [6, 6.07) is 7.47. The number of aliphatic hydroxyl groups is 3. The predicted octanol–water partition coefficient (Wildman–Crippen LogP) is 0.781. The van der Waals surface area contributed by atoms with Crippen LogP contribution in [0.5, 0.6) is 0 Å². The number of benzene rings is 1. The molecule has 0 saturated carbocycles. The molecular formula is C18H22O6. The number of hydrogen-bond acceptors (Lipinski definition) is 6. The lowest BCUT2D eigenvalue weighted by Gasteiger charge is -2.40. The van der Waals surface area contributed by atoms with Gasteiger partial charge in [-0.25, -0.2) is 0 Å². The molecule has 1 aliphatic carbocycles. The Labute approximate surface area is 140 Å². The smallest absolute Gasteiger partial charge is 0.186 e. The van der Waals surface area contributed by atoms with Crippen LogP contribution in [0.15, 0.2) is 43.0 Å². The summed E-state index contributed by atoms with van der Waals surface area (Å²) >= 11 is 0. The van der Waals surface area contributed by atoms with Gasteiger partial charge in [-0.2, -0.15) is 0 Å². The van der Waals surface area contributed by atoms with Crippen molar-refractivity contribution in [2.45, 2.75) is 36.8 Å². The summed E-state index contributed by atoms with van der Waals surface area (Å²) in [7, 11) is 0. The summed E-state index contributed by atoms with van der Waals surface area (Å²) in [4.78, 5) is 0. The molecule has 3 N–H and O–H groups in total. The van der Waals surface area contributed by atoms with Crippen molar-refractivity contribution >= 4 is 6.08 Å². The number of rotatable bonds is 5. The molecule has 1 aromatic rings. The van der Waals surface area contributed by atoms with Crippen LogP contribution in [0.4, 0.5) is 0 Å². The monoisotopic (exact) mass is 334 g/mol. The Balaban J connectivity index is 1.71. The van der Waals surface area contributed by atoms with Gasteiger partial charge in [0, 0.05) is 0 Å². The molecule has 1 heterocycles. The second-order valence-electron chi connectivity index (χ2n) is 5.88. The fourth-order valence-electron chi connectivity index (χ4n) is 2.96. The predicted molar refractivity (Wildman–Crippen MR) is 87.0 cm³/mol. The first-order valence-corrected chi connectivity index (χ1v) is 7.92. The molecule has 6 heteroatoms. The van der Waals surface area contributed by atoms with E-state index >= 15 is 0 Å². The zero-order chi connectivity index (χ0) is 17.1. The van der Waals surface area contributed by atoms with Gasteiger partial charge in [-0.05, 0) is 11.1 Å². The second-order valence-corrected chi connectivity index (χ2v) is 5.88. The minimum atomic E-state index is -1.17. The molecule has 6 nitrogen and oxygen atoms in total. The van der Waals surface area contributed by atoms with Crippen LogP contribution in [0.1, 0.15) is 17.2 Å². The zero-order valence-corrected chi connectivity index (χ0v) is 13.2. The van der Waals surface area contributed by atoms with E-state index in [1.807, 2.05) is 30.3 Å². The van der Waals surface area contributed by atoms with Gasteiger partial charge < -0.3 is 29.5 Å². The maximum absolute atomic E-state index is 10.5. The Bertz CT molecular complexity index is 601. The number of aliphatic hydroxyl groups excluding tert-OH is 3. The normalized spacial score (nSPS) is 35.5. The third-order valence-corrected chi connectivity index (χ3v) is 4.21. The van der Waals surface area contributed by atoms with E-state index in [9.17, 15) is 15.3 Å². The van der Waals surface area contributed by atoms with Gasteiger partial charge in [-0.3, -0.25) is 0 Å². The van der Waals surface area contributed by atoms with E-state index in [1.54, 1.807) is 12.2 Å². The standard InChI is InChI=1S/C18H22O6/c1-2-9-22-18-16(21)17(13(19)10-23-18)24-14-8-7-11-5-3-4-6-12(11)15(14)20/h2-8,13-21H,1,9-10H2/t13-,14-,15-,16+,17+,18+/m1/s1. The van der Waals surface area contributed by atoms with Crippen molar-refractivity contribution in [3.63, 3.8) is 0 Å². The largest absolute Gasteiger partial charge is 0.388 e. The van der Waals surface area contributed by atoms with Crippen LogP contribution in [-0.2, 0) is 14.2 Å². The van der Waals surface area contributed by atoms with E-state index in [4.69, 9.17) is 14.2 Å². The number of hydrogen-bond donors (Lipinski definition) is 3. The number of fused-ring (bicyclic) bond motifs is 1. The summed E-state index contributed by atoms with van der Waals surface area (Å²) in [5.41, 5.74) is 1.67. The molecular weight excluding hydrogens is 312 g/mol. The lowest BCUT2D eigenvalue weighted by molar-refractivity contribution is -0.282. The third-order valence-electron chi connectivity index (χ3n) is 4.21.